The minimum absolute atomic E-state index is 0.882. The fraction of sp³-hybridized carbons (Fsp3) is 0.800. The summed E-state index contributed by atoms with van der Waals surface area (Å²) in [4.78, 5) is 0. The van der Waals surface area contributed by atoms with Gasteiger partial charge in [0.25, 0.3) is 0 Å². The van der Waals surface area contributed by atoms with Crippen LogP contribution in [0.4, 0.5) is 0 Å². The predicted octanol–water partition coefficient (Wildman–Crippen LogP) is 3.07. The van der Waals surface area contributed by atoms with Crippen LogP contribution in [0.3, 0.4) is 0 Å². The van der Waals surface area contributed by atoms with Crippen LogP contribution in [0.5, 0.6) is 0 Å². The van der Waals surface area contributed by atoms with Gasteiger partial charge < -0.3 is 4.74 Å². The minimum Gasteiger partial charge on any atom is -0.381 e. The Morgan fingerprint density at radius 2 is 1.83 bits per heavy atom. The summed E-state index contributed by atoms with van der Waals surface area (Å²) in [7, 11) is 0. The van der Waals surface area contributed by atoms with Gasteiger partial charge in [-0.05, 0) is 31.4 Å². The molecule has 0 spiro atoms. The molecule has 0 unspecified atom stereocenters. The van der Waals surface area contributed by atoms with Crippen molar-refractivity contribution >= 4 is 12.6 Å². The molecule has 0 amide bonds. The number of hydrogen-bond acceptors (Lipinski definition) is 2. The quantitative estimate of drug-likeness (QED) is 0.332. The lowest BCUT2D eigenvalue weighted by Crippen LogP contribution is -1.96. The Morgan fingerprint density at radius 1 is 1.08 bits per heavy atom. The van der Waals surface area contributed by atoms with Gasteiger partial charge in [0, 0.05) is 13.2 Å². The van der Waals surface area contributed by atoms with E-state index < -0.39 is 0 Å². The molecule has 0 aliphatic heterocycles. The smallest absolute Gasteiger partial charge is 0.0468 e. The molecule has 0 aromatic carbocycles. The topological polar surface area (TPSA) is 9.23 Å². The van der Waals surface area contributed by atoms with Crippen molar-refractivity contribution in [2.24, 2.45) is 0 Å². The van der Waals surface area contributed by atoms with E-state index in [0.717, 1.165) is 31.8 Å². The fourth-order valence-corrected chi connectivity index (χ4v) is 1.15. The molecule has 0 aliphatic rings. The van der Waals surface area contributed by atoms with Gasteiger partial charge in [-0.15, -0.1) is 6.58 Å². The molecule has 0 radical (unpaired) electrons. The summed E-state index contributed by atoms with van der Waals surface area (Å²) in [6, 6.07) is 0. The van der Waals surface area contributed by atoms with Gasteiger partial charge in [0.2, 0.25) is 0 Å². The molecule has 0 saturated heterocycles. The minimum atomic E-state index is 0.882. The van der Waals surface area contributed by atoms with Crippen LogP contribution in [0.1, 0.15) is 32.1 Å². The Bertz CT molecular complexity index is 93.8. The largest absolute Gasteiger partial charge is 0.381 e. The molecule has 0 saturated carbocycles. The molecule has 0 atom stereocenters. The van der Waals surface area contributed by atoms with Crippen LogP contribution in [-0.2, 0) is 4.74 Å². The Hall–Kier alpha value is 0.0500. The predicted molar refractivity (Wildman–Crippen MR) is 58.0 cm³/mol. The number of unbranched alkanes of at least 4 members (excludes halogenated alkanes) is 3. The Kier molecular flexibility index (Phi) is 11.1. The Labute approximate surface area is 81.6 Å². The lowest BCUT2D eigenvalue weighted by atomic mass is 10.3. The van der Waals surface area contributed by atoms with Gasteiger partial charge in [-0.2, -0.15) is 12.6 Å². The van der Waals surface area contributed by atoms with Crippen molar-refractivity contribution in [3.8, 4) is 0 Å². The number of ether oxygens (including phenoxy) is 1. The first-order chi connectivity index (χ1) is 5.91. The summed E-state index contributed by atoms with van der Waals surface area (Å²) < 4.78 is 5.41. The molecule has 0 rings (SSSR count). The number of hydrogen-bond donors (Lipinski definition) is 1. The van der Waals surface area contributed by atoms with E-state index in [0.29, 0.717) is 0 Å². The zero-order chi connectivity index (χ0) is 9.07. The third-order valence-corrected chi connectivity index (χ3v) is 1.96. The van der Waals surface area contributed by atoms with Crippen LogP contribution < -0.4 is 0 Å². The van der Waals surface area contributed by atoms with Gasteiger partial charge in [0.15, 0.2) is 0 Å². The van der Waals surface area contributed by atoms with E-state index in [1.54, 1.807) is 0 Å². The lowest BCUT2D eigenvalue weighted by Gasteiger charge is -2.01. The van der Waals surface area contributed by atoms with E-state index in [1.165, 1.54) is 19.3 Å². The van der Waals surface area contributed by atoms with Crippen molar-refractivity contribution in [1.29, 1.82) is 0 Å². The summed E-state index contributed by atoms with van der Waals surface area (Å²) in [5.74, 6) is 0.996. The van der Waals surface area contributed by atoms with Crippen LogP contribution in [0.25, 0.3) is 0 Å². The van der Waals surface area contributed by atoms with Crippen LogP contribution in [0.2, 0.25) is 0 Å². The normalized spacial score (nSPS) is 10.1. The third-order valence-electron chi connectivity index (χ3n) is 1.64. The van der Waals surface area contributed by atoms with Crippen molar-refractivity contribution in [3.05, 3.63) is 12.7 Å². The van der Waals surface area contributed by atoms with E-state index >= 15 is 0 Å². The Balaban J connectivity index is 2.77. The zero-order valence-electron chi connectivity index (χ0n) is 7.80. The van der Waals surface area contributed by atoms with Crippen molar-refractivity contribution in [2.45, 2.75) is 32.1 Å². The number of allylic oxidation sites excluding steroid dienone is 1. The molecule has 0 bridgehead atoms. The highest BCUT2D eigenvalue weighted by Crippen LogP contribution is 1.98. The second-order valence-electron chi connectivity index (χ2n) is 2.83. The molecule has 0 N–H and O–H groups in total. The molecule has 0 aromatic rings. The maximum Gasteiger partial charge on any atom is 0.0468 e. The van der Waals surface area contributed by atoms with E-state index in [1.807, 2.05) is 6.08 Å². The molecular formula is C10H20OS. The molecule has 0 aliphatic carbocycles. The molecule has 0 fully saturated rings. The van der Waals surface area contributed by atoms with Crippen LogP contribution in [-0.4, -0.2) is 19.0 Å². The van der Waals surface area contributed by atoms with Crippen molar-refractivity contribution in [2.75, 3.05) is 19.0 Å². The van der Waals surface area contributed by atoms with Gasteiger partial charge in [-0.25, -0.2) is 0 Å². The van der Waals surface area contributed by atoms with Gasteiger partial charge in [-0.1, -0.05) is 12.5 Å². The lowest BCUT2D eigenvalue weighted by molar-refractivity contribution is 0.128. The summed E-state index contributed by atoms with van der Waals surface area (Å²) in [5.41, 5.74) is 0. The number of thiol groups is 1. The van der Waals surface area contributed by atoms with E-state index in [9.17, 15) is 0 Å². The van der Waals surface area contributed by atoms with E-state index in [4.69, 9.17) is 4.74 Å². The van der Waals surface area contributed by atoms with Crippen LogP contribution >= 0.6 is 12.6 Å². The maximum atomic E-state index is 5.41. The van der Waals surface area contributed by atoms with Crippen molar-refractivity contribution in [3.63, 3.8) is 0 Å². The standard InChI is InChI=1S/C10H20OS/c1-2-3-5-8-11-9-6-4-7-10-12/h2,12H,1,3-10H2. The second-order valence-corrected chi connectivity index (χ2v) is 3.27. The molecule has 12 heavy (non-hydrogen) atoms. The Morgan fingerprint density at radius 3 is 2.50 bits per heavy atom. The highest BCUT2D eigenvalue weighted by atomic mass is 32.1. The van der Waals surface area contributed by atoms with E-state index in [2.05, 4.69) is 19.2 Å². The van der Waals surface area contributed by atoms with Gasteiger partial charge in [0.1, 0.15) is 0 Å². The first-order valence-corrected chi connectivity index (χ1v) is 5.34. The highest BCUT2D eigenvalue weighted by molar-refractivity contribution is 7.80. The van der Waals surface area contributed by atoms with Gasteiger partial charge in [-0.3, -0.25) is 0 Å². The number of rotatable bonds is 9. The van der Waals surface area contributed by atoms with Crippen molar-refractivity contribution < 1.29 is 4.74 Å². The average molecular weight is 188 g/mol. The molecular weight excluding hydrogens is 168 g/mol. The van der Waals surface area contributed by atoms with Crippen LogP contribution in [0, 0.1) is 0 Å². The van der Waals surface area contributed by atoms with Gasteiger partial charge >= 0.3 is 0 Å². The molecule has 72 valence electrons. The van der Waals surface area contributed by atoms with Crippen LogP contribution in [0.15, 0.2) is 12.7 Å². The average Bonchev–Trinajstić information content (AvgIpc) is 2.10. The zero-order valence-corrected chi connectivity index (χ0v) is 8.69. The molecule has 2 heteroatoms. The van der Waals surface area contributed by atoms with Gasteiger partial charge in [0.05, 0.1) is 0 Å². The molecule has 0 heterocycles. The fourth-order valence-electron chi connectivity index (χ4n) is 0.924. The summed E-state index contributed by atoms with van der Waals surface area (Å²) in [6.45, 7) is 5.44. The second kappa shape index (κ2) is 11.1. The van der Waals surface area contributed by atoms with Crippen molar-refractivity contribution in [1.82, 2.24) is 0 Å². The third kappa shape index (κ3) is 10.0. The summed E-state index contributed by atoms with van der Waals surface area (Å²) in [5, 5.41) is 0. The SMILES string of the molecule is C=CCCCOCCCCCS. The summed E-state index contributed by atoms with van der Waals surface area (Å²) >= 11 is 4.14. The highest BCUT2D eigenvalue weighted by Gasteiger charge is 1.88. The first kappa shape index (κ1) is 12.0. The molecule has 0 aromatic heterocycles. The monoisotopic (exact) mass is 188 g/mol. The molecule has 1 nitrogen and oxygen atoms in total. The van der Waals surface area contributed by atoms with E-state index in [-0.39, 0.29) is 0 Å². The maximum absolute atomic E-state index is 5.41. The summed E-state index contributed by atoms with van der Waals surface area (Å²) in [6.07, 6.45) is 7.73. The first-order valence-electron chi connectivity index (χ1n) is 4.71.